The Morgan fingerprint density at radius 1 is 1.13 bits per heavy atom. The van der Waals surface area contributed by atoms with Crippen molar-refractivity contribution >= 4 is 24.0 Å². The predicted octanol–water partition coefficient (Wildman–Crippen LogP) is 2.65. The molecule has 2 aromatic rings. The maximum absolute atomic E-state index is 12.7. The standard InChI is InChI=1S/C22H18N2O6/c1-28-17-9-12(4-7-15(17)30-22(27)16-3-2-8-29-16)11-23-24-20(25)18-13-5-6-14(10-13)19(18)21(24)26/h2-9,11,13-14,18-19H,10H2,1H3/t13-,14-,18-,19+/m0/s1. The second-order valence-electron chi connectivity index (χ2n) is 7.51. The summed E-state index contributed by atoms with van der Waals surface area (Å²) in [5.41, 5.74) is 0.586. The number of fused-ring (bicyclic) bond motifs is 5. The Kier molecular flexibility index (Phi) is 4.27. The molecule has 0 N–H and O–H groups in total. The van der Waals surface area contributed by atoms with Crippen LogP contribution in [0.15, 0.2) is 58.3 Å². The van der Waals surface area contributed by atoms with Gasteiger partial charge in [-0.1, -0.05) is 12.2 Å². The summed E-state index contributed by atoms with van der Waals surface area (Å²) >= 11 is 0. The van der Waals surface area contributed by atoms with Crippen molar-refractivity contribution in [2.24, 2.45) is 28.8 Å². The van der Waals surface area contributed by atoms with Gasteiger partial charge in [0.15, 0.2) is 11.5 Å². The Labute approximate surface area is 171 Å². The monoisotopic (exact) mass is 406 g/mol. The van der Waals surface area contributed by atoms with Crippen LogP contribution in [0.25, 0.3) is 0 Å². The molecule has 3 aliphatic rings. The molecule has 4 atom stereocenters. The second-order valence-corrected chi connectivity index (χ2v) is 7.51. The lowest BCUT2D eigenvalue weighted by Gasteiger charge is -2.13. The Hall–Kier alpha value is -3.68. The fourth-order valence-electron chi connectivity index (χ4n) is 4.52. The molecule has 8 heteroatoms. The molecule has 30 heavy (non-hydrogen) atoms. The van der Waals surface area contributed by atoms with E-state index >= 15 is 0 Å². The minimum atomic E-state index is -0.650. The van der Waals surface area contributed by atoms with Gasteiger partial charge in [0.2, 0.25) is 5.76 Å². The van der Waals surface area contributed by atoms with E-state index in [0.29, 0.717) is 11.3 Å². The van der Waals surface area contributed by atoms with Crippen molar-refractivity contribution in [3.8, 4) is 11.5 Å². The highest BCUT2D eigenvalue weighted by atomic mass is 16.6. The van der Waals surface area contributed by atoms with Crippen LogP contribution in [-0.4, -0.2) is 36.1 Å². The number of carbonyl (C=O) groups excluding carboxylic acids is 3. The number of furan rings is 1. The largest absolute Gasteiger partial charge is 0.493 e. The second kappa shape index (κ2) is 6.98. The molecule has 1 aliphatic heterocycles. The zero-order valence-electron chi connectivity index (χ0n) is 16.1. The van der Waals surface area contributed by atoms with Gasteiger partial charge in [0.1, 0.15) is 0 Å². The van der Waals surface area contributed by atoms with Gasteiger partial charge < -0.3 is 13.9 Å². The van der Waals surface area contributed by atoms with E-state index in [1.807, 2.05) is 12.2 Å². The van der Waals surface area contributed by atoms with E-state index in [4.69, 9.17) is 13.9 Å². The number of hydrogen-bond acceptors (Lipinski definition) is 7. The van der Waals surface area contributed by atoms with E-state index < -0.39 is 5.97 Å². The van der Waals surface area contributed by atoms with Gasteiger partial charge in [-0.15, -0.1) is 0 Å². The molecule has 0 unspecified atom stereocenters. The van der Waals surface area contributed by atoms with E-state index in [1.165, 1.54) is 25.7 Å². The third-order valence-electron chi connectivity index (χ3n) is 5.88. The highest BCUT2D eigenvalue weighted by Gasteiger charge is 2.59. The molecule has 1 saturated carbocycles. The molecular formula is C22H18N2O6. The number of imide groups is 1. The van der Waals surface area contributed by atoms with Crippen molar-refractivity contribution in [2.75, 3.05) is 7.11 Å². The average Bonchev–Trinajstić information content (AvgIpc) is 3.53. The first-order valence-corrected chi connectivity index (χ1v) is 9.60. The Morgan fingerprint density at radius 3 is 2.50 bits per heavy atom. The number of methoxy groups -OCH3 is 1. The van der Waals surface area contributed by atoms with Gasteiger partial charge >= 0.3 is 5.97 Å². The summed E-state index contributed by atoms with van der Waals surface area (Å²) in [4.78, 5) is 37.4. The number of ether oxygens (including phenoxy) is 2. The van der Waals surface area contributed by atoms with Crippen LogP contribution < -0.4 is 9.47 Å². The number of hydrazone groups is 1. The van der Waals surface area contributed by atoms with E-state index in [-0.39, 0.29) is 47.0 Å². The van der Waals surface area contributed by atoms with Gasteiger partial charge in [0.25, 0.3) is 11.8 Å². The summed E-state index contributed by atoms with van der Waals surface area (Å²) in [5, 5.41) is 5.13. The van der Waals surface area contributed by atoms with Crippen LogP contribution >= 0.6 is 0 Å². The summed E-state index contributed by atoms with van der Waals surface area (Å²) < 4.78 is 15.6. The average molecular weight is 406 g/mol. The quantitative estimate of drug-likeness (QED) is 0.249. The van der Waals surface area contributed by atoms with E-state index in [2.05, 4.69) is 5.10 Å². The van der Waals surface area contributed by atoms with Gasteiger partial charge in [-0.25, -0.2) is 4.79 Å². The van der Waals surface area contributed by atoms with Gasteiger partial charge in [0, 0.05) is 0 Å². The minimum absolute atomic E-state index is 0.0720. The number of esters is 1. The fourth-order valence-corrected chi connectivity index (χ4v) is 4.52. The van der Waals surface area contributed by atoms with Gasteiger partial charge in [-0.2, -0.15) is 10.1 Å². The topological polar surface area (TPSA) is 98.4 Å². The summed E-state index contributed by atoms with van der Waals surface area (Å²) in [7, 11) is 1.44. The number of hydrogen-bond donors (Lipinski definition) is 0. The summed E-state index contributed by atoms with van der Waals surface area (Å²) in [6.07, 6.45) is 7.76. The van der Waals surface area contributed by atoms with Gasteiger partial charge in [-0.3, -0.25) is 9.59 Å². The number of benzene rings is 1. The number of rotatable bonds is 5. The molecule has 5 rings (SSSR count). The number of carbonyl (C=O) groups is 3. The lowest BCUT2D eigenvalue weighted by atomic mass is 9.85. The number of amides is 2. The van der Waals surface area contributed by atoms with Crippen molar-refractivity contribution in [1.29, 1.82) is 0 Å². The van der Waals surface area contributed by atoms with Crippen molar-refractivity contribution in [3.05, 3.63) is 60.1 Å². The first-order valence-electron chi connectivity index (χ1n) is 9.60. The maximum atomic E-state index is 12.7. The van der Waals surface area contributed by atoms with Crippen molar-refractivity contribution in [2.45, 2.75) is 6.42 Å². The number of nitrogens with zero attached hydrogens (tertiary/aromatic N) is 2. The molecule has 152 valence electrons. The van der Waals surface area contributed by atoms with Crippen LogP contribution in [-0.2, 0) is 9.59 Å². The van der Waals surface area contributed by atoms with Crippen LogP contribution in [0.3, 0.4) is 0 Å². The molecule has 1 aromatic heterocycles. The summed E-state index contributed by atoms with van der Waals surface area (Å²) in [6.45, 7) is 0. The number of allylic oxidation sites excluding steroid dienone is 2. The lowest BCUT2D eigenvalue weighted by Crippen LogP contribution is -2.28. The molecule has 2 bridgehead atoms. The summed E-state index contributed by atoms with van der Waals surface area (Å²) in [5.74, 6) is -0.850. The van der Waals surface area contributed by atoms with Crippen LogP contribution in [0.1, 0.15) is 22.5 Å². The highest BCUT2D eigenvalue weighted by molar-refractivity contribution is 6.06. The van der Waals surface area contributed by atoms with Crippen molar-refractivity contribution in [1.82, 2.24) is 5.01 Å². The van der Waals surface area contributed by atoms with Crippen LogP contribution in [0.4, 0.5) is 0 Å². The molecule has 1 aromatic carbocycles. The molecule has 2 aliphatic carbocycles. The Bertz CT molecular complexity index is 1060. The van der Waals surface area contributed by atoms with Crippen LogP contribution in [0.5, 0.6) is 11.5 Å². The normalized spacial score (nSPS) is 26.6. The first-order chi connectivity index (χ1) is 14.6. The van der Waals surface area contributed by atoms with Gasteiger partial charge in [0.05, 0.1) is 31.4 Å². The Morgan fingerprint density at radius 2 is 1.87 bits per heavy atom. The maximum Gasteiger partial charge on any atom is 0.379 e. The van der Waals surface area contributed by atoms with E-state index in [9.17, 15) is 14.4 Å². The molecule has 2 fully saturated rings. The zero-order valence-corrected chi connectivity index (χ0v) is 16.1. The molecule has 0 spiro atoms. The molecule has 2 heterocycles. The first kappa shape index (κ1) is 18.4. The third kappa shape index (κ3) is 2.83. The zero-order chi connectivity index (χ0) is 20.8. The SMILES string of the molecule is COc1cc(C=NN2C(=O)[C@@H]3[C@H](C2=O)[C@H]2C=C[C@H]3C2)ccc1OC(=O)c1ccco1. The van der Waals surface area contributed by atoms with Crippen molar-refractivity contribution < 1.29 is 28.3 Å². The molecule has 8 nitrogen and oxygen atoms in total. The van der Waals surface area contributed by atoms with Crippen molar-refractivity contribution in [3.63, 3.8) is 0 Å². The third-order valence-corrected chi connectivity index (χ3v) is 5.88. The van der Waals surface area contributed by atoms with Crippen LogP contribution in [0, 0.1) is 23.7 Å². The molecular weight excluding hydrogens is 388 g/mol. The lowest BCUT2D eigenvalue weighted by molar-refractivity contribution is -0.140. The van der Waals surface area contributed by atoms with E-state index in [1.54, 1.807) is 24.3 Å². The summed E-state index contributed by atoms with van der Waals surface area (Å²) in [6, 6.07) is 7.88. The highest BCUT2D eigenvalue weighted by Crippen LogP contribution is 2.52. The smallest absolute Gasteiger partial charge is 0.379 e. The van der Waals surface area contributed by atoms with E-state index in [0.717, 1.165) is 11.4 Å². The predicted molar refractivity (Wildman–Crippen MR) is 104 cm³/mol. The van der Waals surface area contributed by atoms with Crippen LogP contribution in [0.2, 0.25) is 0 Å². The fraction of sp³-hybridized carbons (Fsp3) is 0.273. The molecule has 1 saturated heterocycles. The molecule has 2 amide bonds. The minimum Gasteiger partial charge on any atom is -0.493 e. The van der Waals surface area contributed by atoms with Gasteiger partial charge in [-0.05, 0) is 54.2 Å². The Balaban J connectivity index is 1.33. The molecule has 0 radical (unpaired) electrons.